The Labute approximate surface area is 73.2 Å². The minimum absolute atomic E-state index is 0.143. The van der Waals surface area contributed by atoms with E-state index in [1.54, 1.807) is 0 Å². The number of alkyl halides is 1. The number of carbonyl (C=O) groups excluding carboxylic acids is 1. The molecule has 0 radical (unpaired) electrons. The normalized spacial score (nSPS) is 12.1. The van der Waals surface area contributed by atoms with E-state index in [0.29, 0.717) is 5.33 Å². The predicted octanol–water partition coefficient (Wildman–Crippen LogP) is 1.23. The van der Waals surface area contributed by atoms with Crippen molar-refractivity contribution in [3.63, 3.8) is 0 Å². The molecule has 0 spiro atoms. The standard InChI is InChI=1S/C7H9BrO3/c1-2-6(9)5(4-8)3-7(10)11/h2,5H,1,3-4H2,(H,10,11)/t5-/m1/s1. The summed E-state index contributed by atoms with van der Waals surface area (Å²) in [5.74, 6) is -1.68. The first kappa shape index (κ1) is 10.4. The highest BCUT2D eigenvalue weighted by atomic mass is 79.9. The van der Waals surface area contributed by atoms with Crippen molar-refractivity contribution in [3.8, 4) is 0 Å². The third kappa shape index (κ3) is 3.93. The van der Waals surface area contributed by atoms with Crippen LogP contribution in [-0.2, 0) is 9.59 Å². The summed E-state index contributed by atoms with van der Waals surface area (Å²) in [5.41, 5.74) is 0. The van der Waals surface area contributed by atoms with E-state index in [0.717, 1.165) is 6.08 Å². The Morgan fingerprint density at radius 1 is 1.64 bits per heavy atom. The number of halogens is 1. The first-order valence-electron chi connectivity index (χ1n) is 3.05. The Morgan fingerprint density at radius 3 is 2.45 bits per heavy atom. The summed E-state index contributed by atoms with van der Waals surface area (Å²) >= 11 is 3.05. The SMILES string of the molecule is C=CC(=O)[C@@H](CBr)CC(=O)O. The van der Waals surface area contributed by atoms with Gasteiger partial charge < -0.3 is 5.11 Å². The van der Waals surface area contributed by atoms with Gasteiger partial charge in [0.2, 0.25) is 0 Å². The Hall–Kier alpha value is -0.640. The van der Waals surface area contributed by atoms with Crippen LogP contribution >= 0.6 is 15.9 Å². The number of hydrogen-bond donors (Lipinski definition) is 1. The molecule has 0 heterocycles. The van der Waals surface area contributed by atoms with E-state index in [1.165, 1.54) is 0 Å². The lowest BCUT2D eigenvalue weighted by atomic mass is 10.0. The van der Waals surface area contributed by atoms with Crippen LogP contribution in [0.3, 0.4) is 0 Å². The third-order valence-electron chi connectivity index (χ3n) is 1.21. The largest absolute Gasteiger partial charge is 0.481 e. The molecule has 3 nitrogen and oxygen atoms in total. The minimum Gasteiger partial charge on any atom is -0.481 e. The maximum atomic E-state index is 10.9. The van der Waals surface area contributed by atoms with Gasteiger partial charge in [0.05, 0.1) is 6.42 Å². The maximum Gasteiger partial charge on any atom is 0.304 e. The van der Waals surface area contributed by atoms with Gasteiger partial charge in [0, 0.05) is 11.2 Å². The van der Waals surface area contributed by atoms with Crippen LogP contribution in [0.25, 0.3) is 0 Å². The van der Waals surface area contributed by atoms with E-state index in [9.17, 15) is 9.59 Å². The van der Waals surface area contributed by atoms with Gasteiger partial charge in [-0.05, 0) is 6.08 Å². The van der Waals surface area contributed by atoms with Crippen LogP contribution in [0.1, 0.15) is 6.42 Å². The molecular formula is C7H9BrO3. The predicted molar refractivity (Wildman–Crippen MR) is 44.7 cm³/mol. The van der Waals surface area contributed by atoms with Crippen LogP contribution in [0.2, 0.25) is 0 Å². The number of rotatable bonds is 5. The molecule has 0 fully saturated rings. The molecule has 0 aliphatic heterocycles. The molecular weight excluding hydrogens is 212 g/mol. The third-order valence-corrected chi connectivity index (χ3v) is 1.99. The second kappa shape index (κ2) is 5.07. The number of allylic oxidation sites excluding steroid dienone is 1. The zero-order chi connectivity index (χ0) is 8.85. The molecule has 11 heavy (non-hydrogen) atoms. The molecule has 1 N–H and O–H groups in total. The van der Waals surface area contributed by atoms with Crippen LogP contribution in [0.4, 0.5) is 0 Å². The molecule has 0 aromatic rings. The van der Waals surface area contributed by atoms with Gasteiger partial charge in [-0.15, -0.1) is 0 Å². The van der Waals surface area contributed by atoms with Gasteiger partial charge in [-0.1, -0.05) is 22.5 Å². The summed E-state index contributed by atoms with van der Waals surface area (Å²) in [4.78, 5) is 21.0. The van der Waals surface area contributed by atoms with Gasteiger partial charge in [0.25, 0.3) is 0 Å². The maximum absolute atomic E-state index is 10.9. The lowest BCUT2D eigenvalue weighted by molar-refractivity contribution is -0.139. The van der Waals surface area contributed by atoms with E-state index in [-0.39, 0.29) is 12.2 Å². The van der Waals surface area contributed by atoms with Gasteiger partial charge >= 0.3 is 5.97 Å². The highest BCUT2D eigenvalue weighted by molar-refractivity contribution is 9.09. The first-order chi connectivity index (χ1) is 5.11. The van der Waals surface area contributed by atoms with Crippen molar-refractivity contribution in [1.82, 2.24) is 0 Å². The smallest absolute Gasteiger partial charge is 0.304 e. The van der Waals surface area contributed by atoms with Crippen molar-refractivity contribution in [1.29, 1.82) is 0 Å². The number of hydrogen-bond acceptors (Lipinski definition) is 2. The summed E-state index contributed by atoms with van der Waals surface area (Å²) in [6.45, 7) is 3.27. The van der Waals surface area contributed by atoms with Crippen molar-refractivity contribution in [2.75, 3.05) is 5.33 Å². The number of carboxylic acid groups (broad SMARTS) is 1. The highest BCUT2D eigenvalue weighted by Gasteiger charge is 2.17. The van der Waals surface area contributed by atoms with Gasteiger partial charge in [-0.2, -0.15) is 0 Å². The van der Waals surface area contributed by atoms with Gasteiger partial charge in [-0.25, -0.2) is 0 Å². The molecule has 0 aliphatic rings. The van der Waals surface area contributed by atoms with Crippen LogP contribution < -0.4 is 0 Å². The Balaban J connectivity index is 4.05. The zero-order valence-electron chi connectivity index (χ0n) is 5.92. The van der Waals surface area contributed by atoms with E-state index in [4.69, 9.17) is 5.11 Å². The first-order valence-corrected chi connectivity index (χ1v) is 4.18. The minimum atomic E-state index is -0.968. The lowest BCUT2D eigenvalue weighted by Gasteiger charge is -2.05. The fraction of sp³-hybridized carbons (Fsp3) is 0.429. The zero-order valence-corrected chi connectivity index (χ0v) is 7.50. The lowest BCUT2D eigenvalue weighted by Crippen LogP contribution is -2.17. The van der Waals surface area contributed by atoms with E-state index >= 15 is 0 Å². The van der Waals surface area contributed by atoms with Crippen molar-refractivity contribution in [2.45, 2.75) is 6.42 Å². The van der Waals surface area contributed by atoms with Crippen LogP contribution in [0.15, 0.2) is 12.7 Å². The highest BCUT2D eigenvalue weighted by Crippen LogP contribution is 2.08. The van der Waals surface area contributed by atoms with Gasteiger partial charge in [-0.3, -0.25) is 9.59 Å². The molecule has 0 rings (SSSR count). The molecule has 0 bridgehead atoms. The Bertz CT molecular complexity index is 177. The van der Waals surface area contributed by atoms with E-state index < -0.39 is 11.9 Å². The number of ketones is 1. The average molecular weight is 221 g/mol. The van der Waals surface area contributed by atoms with Gasteiger partial charge in [0.1, 0.15) is 0 Å². The van der Waals surface area contributed by atoms with Crippen molar-refractivity contribution >= 4 is 27.7 Å². The number of carboxylic acids is 1. The molecule has 4 heteroatoms. The Kier molecular flexibility index (Phi) is 4.77. The number of aliphatic carboxylic acids is 1. The molecule has 0 unspecified atom stereocenters. The molecule has 0 saturated heterocycles. The Morgan fingerprint density at radius 2 is 2.18 bits per heavy atom. The molecule has 62 valence electrons. The molecule has 0 aliphatic carbocycles. The quantitative estimate of drug-likeness (QED) is 0.561. The average Bonchev–Trinajstić information content (AvgIpc) is 1.98. The van der Waals surface area contributed by atoms with E-state index in [2.05, 4.69) is 22.5 Å². The summed E-state index contributed by atoms with van der Waals surface area (Å²) in [7, 11) is 0. The van der Waals surface area contributed by atoms with Gasteiger partial charge in [0.15, 0.2) is 5.78 Å². The second-order valence-corrected chi connectivity index (χ2v) is 2.70. The van der Waals surface area contributed by atoms with Crippen LogP contribution in [0.5, 0.6) is 0 Å². The molecule has 0 saturated carbocycles. The summed E-state index contributed by atoms with van der Waals surface area (Å²) in [5, 5.41) is 8.72. The van der Waals surface area contributed by atoms with Crippen LogP contribution in [0, 0.1) is 5.92 Å². The summed E-state index contributed by atoms with van der Waals surface area (Å²) < 4.78 is 0. The molecule has 0 aromatic carbocycles. The van der Waals surface area contributed by atoms with Crippen LogP contribution in [-0.4, -0.2) is 22.2 Å². The molecule has 1 atom stereocenters. The van der Waals surface area contributed by atoms with E-state index in [1.807, 2.05) is 0 Å². The fourth-order valence-electron chi connectivity index (χ4n) is 0.609. The molecule has 0 aromatic heterocycles. The molecule has 0 amide bonds. The van der Waals surface area contributed by atoms with Crippen molar-refractivity contribution in [2.24, 2.45) is 5.92 Å². The number of carbonyl (C=O) groups is 2. The summed E-state index contributed by atoms with van der Waals surface area (Å²) in [6, 6.07) is 0. The monoisotopic (exact) mass is 220 g/mol. The summed E-state index contributed by atoms with van der Waals surface area (Å²) in [6.07, 6.45) is 1.00. The topological polar surface area (TPSA) is 54.4 Å². The van der Waals surface area contributed by atoms with Crippen molar-refractivity contribution in [3.05, 3.63) is 12.7 Å². The van der Waals surface area contributed by atoms with Crippen molar-refractivity contribution < 1.29 is 14.7 Å². The fourth-order valence-corrected chi connectivity index (χ4v) is 1.16. The second-order valence-electron chi connectivity index (χ2n) is 2.06.